The fraction of sp³-hybridized carbons (Fsp3) is 0.727. The molecule has 2 rings (SSSR count). The average molecular weight is 255 g/mol. The highest BCUT2D eigenvalue weighted by Gasteiger charge is 2.44. The smallest absolute Gasteiger partial charge is 0.345 e. The number of nitrogens with zero attached hydrogens (tertiary/aromatic N) is 2. The van der Waals surface area contributed by atoms with Crippen LogP contribution < -0.4 is 5.32 Å². The third-order valence-electron chi connectivity index (χ3n) is 3.12. The number of imide groups is 2. The molecule has 0 aromatic heterocycles. The summed E-state index contributed by atoms with van der Waals surface area (Å²) in [4.78, 5) is 35.7. The topological polar surface area (TPSA) is 79.0 Å². The van der Waals surface area contributed by atoms with E-state index in [9.17, 15) is 14.4 Å². The number of amides is 4. The molecule has 2 heterocycles. The van der Waals surface area contributed by atoms with E-state index < -0.39 is 23.8 Å². The standard InChI is InChI=1S/C11H17N3O4/c1-7(2)8-9(15)12-11(17)14(10(8)16)13-3-5-18-6-4-13/h7-8H,3-6H2,1-2H3,(H,12,15,17). The van der Waals surface area contributed by atoms with Crippen molar-refractivity contribution in [2.45, 2.75) is 13.8 Å². The zero-order valence-electron chi connectivity index (χ0n) is 10.5. The van der Waals surface area contributed by atoms with Gasteiger partial charge in [0.2, 0.25) is 5.91 Å². The van der Waals surface area contributed by atoms with Crippen molar-refractivity contribution < 1.29 is 19.1 Å². The van der Waals surface area contributed by atoms with Gasteiger partial charge in [0.25, 0.3) is 5.91 Å². The Morgan fingerprint density at radius 1 is 1.22 bits per heavy atom. The highest BCUT2D eigenvalue weighted by atomic mass is 16.5. The van der Waals surface area contributed by atoms with Crippen molar-refractivity contribution in [1.29, 1.82) is 0 Å². The Balaban J connectivity index is 2.20. The van der Waals surface area contributed by atoms with Crippen LogP contribution in [-0.2, 0) is 14.3 Å². The zero-order chi connectivity index (χ0) is 13.3. The molecule has 2 saturated heterocycles. The summed E-state index contributed by atoms with van der Waals surface area (Å²) in [6.45, 7) is 5.45. The molecule has 0 radical (unpaired) electrons. The third kappa shape index (κ3) is 2.23. The normalized spacial score (nSPS) is 26.7. The Morgan fingerprint density at radius 3 is 2.39 bits per heavy atom. The van der Waals surface area contributed by atoms with Crippen LogP contribution in [0.5, 0.6) is 0 Å². The van der Waals surface area contributed by atoms with Crippen LogP contribution in [-0.4, -0.2) is 54.2 Å². The Kier molecular flexibility index (Phi) is 3.63. The lowest BCUT2D eigenvalue weighted by molar-refractivity contribution is -0.160. The molecule has 0 aromatic rings. The summed E-state index contributed by atoms with van der Waals surface area (Å²) in [5.41, 5.74) is 0. The number of rotatable bonds is 2. The maximum atomic E-state index is 12.2. The molecular formula is C11H17N3O4. The SMILES string of the molecule is CC(C)C1C(=O)NC(=O)N(N2CCOCC2)C1=O. The molecular weight excluding hydrogens is 238 g/mol. The summed E-state index contributed by atoms with van der Waals surface area (Å²) in [5.74, 6) is -1.90. The zero-order valence-corrected chi connectivity index (χ0v) is 10.5. The first kappa shape index (κ1) is 13.0. The van der Waals surface area contributed by atoms with Gasteiger partial charge in [0.05, 0.1) is 13.2 Å². The van der Waals surface area contributed by atoms with Gasteiger partial charge in [-0.1, -0.05) is 13.8 Å². The quantitative estimate of drug-likeness (QED) is 0.678. The Morgan fingerprint density at radius 2 is 1.83 bits per heavy atom. The monoisotopic (exact) mass is 255 g/mol. The molecule has 0 bridgehead atoms. The number of nitrogens with one attached hydrogen (secondary N) is 1. The highest BCUT2D eigenvalue weighted by molar-refractivity contribution is 6.15. The number of barbiturate groups is 1. The van der Waals surface area contributed by atoms with E-state index >= 15 is 0 Å². The Labute approximate surface area is 105 Å². The first-order valence-electron chi connectivity index (χ1n) is 6.03. The lowest BCUT2D eigenvalue weighted by Crippen LogP contribution is -2.65. The van der Waals surface area contributed by atoms with Crippen molar-refractivity contribution in [3.8, 4) is 0 Å². The van der Waals surface area contributed by atoms with E-state index in [0.29, 0.717) is 26.3 Å². The van der Waals surface area contributed by atoms with Crippen molar-refractivity contribution in [3.63, 3.8) is 0 Å². The molecule has 1 atom stereocenters. The molecule has 4 amide bonds. The van der Waals surface area contributed by atoms with Gasteiger partial charge in [-0.3, -0.25) is 14.9 Å². The number of morpholine rings is 1. The van der Waals surface area contributed by atoms with Gasteiger partial charge < -0.3 is 4.74 Å². The van der Waals surface area contributed by atoms with Gasteiger partial charge >= 0.3 is 6.03 Å². The van der Waals surface area contributed by atoms with E-state index in [4.69, 9.17) is 4.74 Å². The van der Waals surface area contributed by atoms with E-state index in [1.165, 1.54) is 0 Å². The predicted octanol–water partition coefficient (Wildman–Crippen LogP) is -0.416. The molecule has 0 spiro atoms. The summed E-state index contributed by atoms with van der Waals surface area (Å²) >= 11 is 0. The van der Waals surface area contributed by atoms with Crippen molar-refractivity contribution >= 4 is 17.8 Å². The second kappa shape index (κ2) is 5.03. The maximum absolute atomic E-state index is 12.2. The summed E-state index contributed by atoms with van der Waals surface area (Å²) in [6, 6.07) is -0.663. The van der Waals surface area contributed by atoms with Gasteiger partial charge in [-0.2, -0.15) is 5.01 Å². The van der Waals surface area contributed by atoms with Crippen LogP contribution in [0.2, 0.25) is 0 Å². The van der Waals surface area contributed by atoms with E-state index in [2.05, 4.69) is 5.32 Å². The van der Waals surface area contributed by atoms with Gasteiger partial charge in [-0.25, -0.2) is 9.80 Å². The van der Waals surface area contributed by atoms with Gasteiger partial charge in [-0.05, 0) is 5.92 Å². The van der Waals surface area contributed by atoms with E-state index in [-0.39, 0.29) is 5.92 Å². The third-order valence-corrected chi connectivity index (χ3v) is 3.12. The second-order valence-corrected chi connectivity index (χ2v) is 4.73. The molecule has 7 heteroatoms. The summed E-state index contributed by atoms with van der Waals surface area (Å²) in [5, 5.41) is 4.91. The van der Waals surface area contributed by atoms with Gasteiger partial charge in [0.1, 0.15) is 5.92 Å². The number of urea groups is 1. The molecule has 1 N–H and O–H groups in total. The predicted molar refractivity (Wildman–Crippen MR) is 61.1 cm³/mol. The van der Waals surface area contributed by atoms with Crippen molar-refractivity contribution in [2.24, 2.45) is 11.8 Å². The van der Waals surface area contributed by atoms with Gasteiger partial charge in [0.15, 0.2) is 0 Å². The number of carbonyl (C=O) groups excluding carboxylic acids is 3. The van der Waals surface area contributed by atoms with E-state index in [0.717, 1.165) is 5.01 Å². The van der Waals surface area contributed by atoms with Crippen LogP contribution in [0.3, 0.4) is 0 Å². The van der Waals surface area contributed by atoms with Crippen LogP contribution >= 0.6 is 0 Å². The van der Waals surface area contributed by atoms with Crippen molar-refractivity contribution in [1.82, 2.24) is 15.3 Å². The Bertz CT molecular complexity index is 376. The first-order chi connectivity index (χ1) is 8.52. The molecule has 18 heavy (non-hydrogen) atoms. The van der Waals surface area contributed by atoms with Crippen LogP contribution in [0.1, 0.15) is 13.8 Å². The Hall–Kier alpha value is -1.47. The fourth-order valence-electron chi connectivity index (χ4n) is 2.19. The minimum Gasteiger partial charge on any atom is -0.379 e. The van der Waals surface area contributed by atoms with Crippen LogP contribution in [0.4, 0.5) is 4.79 Å². The van der Waals surface area contributed by atoms with Crippen molar-refractivity contribution in [3.05, 3.63) is 0 Å². The highest BCUT2D eigenvalue weighted by Crippen LogP contribution is 2.20. The minimum atomic E-state index is -0.800. The fourth-order valence-corrected chi connectivity index (χ4v) is 2.19. The summed E-state index contributed by atoms with van der Waals surface area (Å²) in [7, 11) is 0. The minimum absolute atomic E-state index is 0.144. The van der Waals surface area contributed by atoms with Crippen molar-refractivity contribution in [2.75, 3.05) is 26.3 Å². The van der Waals surface area contributed by atoms with Crippen LogP contribution in [0, 0.1) is 11.8 Å². The maximum Gasteiger partial charge on any atom is 0.345 e. The molecule has 2 aliphatic heterocycles. The molecule has 0 saturated carbocycles. The number of hydrogen-bond donors (Lipinski definition) is 1. The number of carbonyl (C=O) groups is 3. The van der Waals surface area contributed by atoms with Gasteiger partial charge in [0, 0.05) is 13.1 Å². The number of ether oxygens (including phenoxy) is 1. The molecule has 2 aliphatic rings. The molecule has 0 aliphatic carbocycles. The molecule has 7 nitrogen and oxygen atoms in total. The summed E-state index contributed by atoms with van der Waals surface area (Å²) in [6.07, 6.45) is 0. The van der Waals surface area contributed by atoms with Gasteiger partial charge in [-0.15, -0.1) is 0 Å². The second-order valence-electron chi connectivity index (χ2n) is 4.73. The van der Waals surface area contributed by atoms with E-state index in [1.54, 1.807) is 18.9 Å². The molecule has 1 unspecified atom stereocenters. The molecule has 0 aromatic carbocycles. The van der Waals surface area contributed by atoms with E-state index in [1.807, 2.05) is 0 Å². The van der Waals surface area contributed by atoms with Crippen LogP contribution in [0.25, 0.3) is 0 Å². The van der Waals surface area contributed by atoms with Crippen LogP contribution in [0.15, 0.2) is 0 Å². The first-order valence-corrected chi connectivity index (χ1v) is 6.03. The number of hydrazine groups is 1. The number of hydrogen-bond acceptors (Lipinski definition) is 5. The largest absolute Gasteiger partial charge is 0.379 e. The lowest BCUT2D eigenvalue weighted by atomic mass is 9.92. The molecule has 2 fully saturated rings. The average Bonchev–Trinajstić information content (AvgIpc) is 2.28. The lowest BCUT2D eigenvalue weighted by Gasteiger charge is -2.40. The molecule has 100 valence electrons. The summed E-state index contributed by atoms with van der Waals surface area (Å²) < 4.78 is 5.18.